The van der Waals surface area contributed by atoms with Crippen LogP contribution < -0.4 is 20.9 Å². The van der Waals surface area contributed by atoms with Crippen LogP contribution in [0.4, 0.5) is 0 Å². The normalized spacial score (nSPS) is 10.3. The Morgan fingerprint density at radius 2 is 1.71 bits per heavy atom. The van der Waals surface area contributed by atoms with Crippen LogP contribution in [0, 0.1) is 13.8 Å². The maximum Gasteiger partial charge on any atom is 0.276 e. The Balaban J connectivity index is 1.43. The van der Waals surface area contributed by atoms with Gasteiger partial charge >= 0.3 is 0 Å². The molecule has 7 nitrogen and oxygen atoms in total. The van der Waals surface area contributed by atoms with Crippen LogP contribution in [0.15, 0.2) is 60.0 Å². The minimum atomic E-state index is -0.470. The molecule has 3 amide bonds. The smallest absolute Gasteiger partial charge is 0.276 e. The molecule has 0 fully saturated rings. The van der Waals surface area contributed by atoms with Gasteiger partial charge in [0.05, 0.1) is 4.88 Å². The van der Waals surface area contributed by atoms with Crippen LogP contribution in [-0.2, 0) is 11.3 Å². The topological polar surface area (TPSA) is 96.5 Å². The maximum atomic E-state index is 12.2. The molecule has 0 aliphatic rings. The van der Waals surface area contributed by atoms with Crippen molar-refractivity contribution in [1.29, 1.82) is 0 Å². The van der Waals surface area contributed by atoms with Gasteiger partial charge in [0.2, 0.25) is 0 Å². The number of amides is 3. The van der Waals surface area contributed by atoms with Gasteiger partial charge in [0.25, 0.3) is 17.7 Å². The van der Waals surface area contributed by atoms with Crippen molar-refractivity contribution in [3.8, 4) is 5.75 Å². The first-order chi connectivity index (χ1) is 14.9. The van der Waals surface area contributed by atoms with E-state index in [2.05, 4.69) is 16.2 Å². The molecule has 0 saturated heterocycles. The lowest BCUT2D eigenvalue weighted by Gasteiger charge is -2.11. The molecule has 0 spiro atoms. The van der Waals surface area contributed by atoms with Crippen molar-refractivity contribution in [3.05, 3.63) is 87.1 Å². The van der Waals surface area contributed by atoms with E-state index in [1.165, 1.54) is 11.3 Å². The van der Waals surface area contributed by atoms with Gasteiger partial charge < -0.3 is 10.1 Å². The molecule has 0 aliphatic heterocycles. The third-order valence-electron chi connectivity index (χ3n) is 4.43. The second-order valence-corrected chi connectivity index (χ2v) is 7.86. The summed E-state index contributed by atoms with van der Waals surface area (Å²) in [4.78, 5) is 36.8. The van der Waals surface area contributed by atoms with E-state index >= 15 is 0 Å². The summed E-state index contributed by atoms with van der Waals surface area (Å²) in [6.45, 7) is 3.97. The van der Waals surface area contributed by atoms with Crippen molar-refractivity contribution < 1.29 is 19.1 Å². The molecule has 8 heteroatoms. The van der Waals surface area contributed by atoms with Crippen molar-refractivity contribution in [3.63, 3.8) is 0 Å². The van der Waals surface area contributed by atoms with Crippen molar-refractivity contribution in [1.82, 2.24) is 16.2 Å². The fraction of sp³-hybridized carbons (Fsp3) is 0.174. The van der Waals surface area contributed by atoms with Crippen molar-refractivity contribution in [2.45, 2.75) is 20.4 Å². The molecular formula is C23H23N3O4S. The third kappa shape index (κ3) is 6.42. The monoisotopic (exact) mass is 437 g/mol. The molecule has 0 saturated carbocycles. The van der Waals surface area contributed by atoms with Gasteiger partial charge in [-0.25, -0.2) is 0 Å². The molecule has 0 atom stereocenters. The Kier molecular flexibility index (Phi) is 7.40. The highest BCUT2D eigenvalue weighted by Crippen LogP contribution is 2.18. The van der Waals surface area contributed by atoms with Gasteiger partial charge in [-0.1, -0.05) is 30.3 Å². The lowest BCUT2D eigenvalue weighted by atomic mass is 10.1. The van der Waals surface area contributed by atoms with Crippen LogP contribution >= 0.6 is 11.3 Å². The van der Waals surface area contributed by atoms with Crippen LogP contribution in [0.1, 0.15) is 36.7 Å². The van der Waals surface area contributed by atoms with E-state index in [1.54, 1.807) is 30.3 Å². The highest BCUT2D eigenvalue weighted by atomic mass is 32.1. The number of rotatable bonds is 7. The Labute approximate surface area is 184 Å². The molecule has 3 rings (SSSR count). The first-order valence-electron chi connectivity index (χ1n) is 9.62. The molecule has 0 unspecified atom stereocenters. The zero-order chi connectivity index (χ0) is 22.2. The molecule has 1 heterocycles. The highest BCUT2D eigenvalue weighted by molar-refractivity contribution is 7.12. The number of ether oxygens (including phenoxy) is 1. The fourth-order valence-electron chi connectivity index (χ4n) is 2.69. The van der Waals surface area contributed by atoms with Gasteiger partial charge in [0.1, 0.15) is 5.75 Å². The minimum Gasteiger partial charge on any atom is -0.483 e. The first kappa shape index (κ1) is 22.0. The second kappa shape index (κ2) is 10.4. The molecule has 0 bridgehead atoms. The number of hydrazine groups is 1. The zero-order valence-electron chi connectivity index (χ0n) is 17.2. The number of carbonyl (C=O) groups excluding carboxylic acids is 3. The van der Waals surface area contributed by atoms with Crippen molar-refractivity contribution in [2.75, 3.05) is 6.61 Å². The Morgan fingerprint density at radius 1 is 0.935 bits per heavy atom. The number of carbonyl (C=O) groups is 3. The van der Waals surface area contributed by atoms with Crippen LogP contribution in [0.25, 0.3) is 0 Å². The molecule has 2 aromatic carbocycles. The first-order valence-corrected chi connectivity index (χ1v) is 10.5. The average Bonchev–Trinajstić information content (AvgIpc) is 3.32. The summed E-state index contributed by atoms with van der Waals surface area (Å²) >= 11 is 1.38. The predicted molar refractivity (Wildman–Crippen MR) is 119 cm³/mol. The predicted octanol–water partition coefficient (Wildman–Crippen LogP) is 3.13. The number of nitrogens with one attached hydrogen (secondary N) is 3. The number of hydrogen-bond donors (Lipinski definition) is 3. The van der Waals surface area contributed by atoms with Crippen LogP contribution in [0.2, 0.25) is 0 Å². The summed E-state index contributed by atoms with van der Waals surface area (Å²) in [5, 5.41) is 4.67. The van der Waals surface area contributed by atoms with Gasteiger partial charge in [-0.2, -0.15) is 0 Å². The molecule has 0 aliphatic carbocycles. The van der Waals surface area contributed by atoms with Gasteiger partial charge in [-0.15, -0.1) is 11.3 Å². The van der Waals surface area contributed by atoms with Gasteiger partial charge in [0, 0.05) is 12.1 Å². The van der Waals surface area contributed by atoms with Crippen molar-refractivity contribution >= 4 is 29.1 Å². The summed E-state index contributed by atoms with van der Waals surface area (Å²) in [6.07, 6.45) is 0. The number of hydrogen-bond acceptors (Lipinski definition) is 5. The molecule has 3 N–H and O–H groups in total. The largest absolute Gasteiger partial charge is 0.483 e. The molecule has 0 radical (unpaired) electrons. The van der Waals surface area contributed by atoms with Crippen LogP contribution in [0.3, 0.4) is 0 Å². The van der Waals surface area contributed by atoms with E-state index in [-0.39, 0.29) is 12.5 Å². The Bertz CT molecular complexity index is 1060. The van der Waals surface area contributed by atoms with E-state index < -0.39 is 11.8 Å². The standard InChI is InChI=1S/C23H23N3O4S/c1-15-5-6-16(2)19(12-15)30-14-21(27)25-26-22(28)18-9-7-17(8-10-18)13-24-23(29)20-4-3-11-31-20/h3-12H,13-14H2,1-2H3,(H,24,29)(H,25,27)(H,26,28). The van der Waals surface area contributed by atoms with E-state index in [0.717, 1.165) is 16.7 Å². The van der Waals surface area contributed by atoms with Crippen molar-refractivity contribution in [2.24, 2.45) is 0 Å². The number of thiophene rings is 1. The SMILES string of the molecule is Cc1ccc(C)c(OCC(=O)NNC(=O)c2ccc(CNC(=O)c3cccs3)cc2)c1. The highest BCUT2D eigenvalue weighted by Gasteiger charge is 2.10. The lowest BCUT2D eigenvalue weighted by Crippen LogP contribution is -2.43. The maximum absolute atomic E-state index is 12.2. The van der Waals surface area contributed by atoms with Gasteiger partial charge in [0.15, 0.2) is 6.61 Å². The zero-order valence-corrected chi connectivity index (χ0v) is 18.0. The minimum absolute atomic E-state index is 0.136. The Morgan fingerprint density at radius 3 is 2.42 bits per heavy atom. The van der Waals surface area contributed by atoms with E-state index in [0.29, 0.717) is 22.7 Å². The van der Waals surface area contributed by atoms with Gasteiger partial charge in [-0.3, -0.25) is 25.2 Å². The molecule has 160 valence electrons. The van der Waals surface area contributed by atoms with E-state index in [4.69, 9.17) is 4.74 Å². The molecule has 3 aromatic rings. The number of aryl methyl sites for hydroxylation is 2. The van der Waals surface area contributed by atoms with Crippen LogP contribution in [0.5, 0.6) is 5.75 Å². The summed E-state index contributed by atoms with van der Waals surface area (Å²) in [6, 6.07) is 16.1. The third-order valence-corrected chi connectivity index (χ3v) is 5.30. The molecular weight excluding hydrogens is 414 g/mol. The van der Waals surface area contributed by atoms with E-state index in [1.807, 2.05) is 43.5 Å². The fourth-order valence-corrected chi connectivity index (χ4v) is 3.33. The second-order valence-electron chi connectivity index (χ2n) is 6.92. The summed E-state index contributed by atoms with van der Waals surface area (Å²) < 4.78 is 5.51. The summed E-state index contributed by atoms with van der Waals surface area (Å²) in [5.41, 5.74) is 7.89. The van der Waals surface area contributed by atoms with E-state index in [9.17, 15) is 14.4 Å². The van der Waals surface area contributed by atoms with Gasteiger partial charge in [-0.05, 0) is 60.2 Å². The quantitative estimate of drug-likeness (QED) is 0.495. The van der Waals surface area contributed by atoms with Crippen LogP contribution in [-0.4, -0.2) is 24.3 Å². The number of benzene rings is 2. The summed E-state index contributed by atoms with van der Waals surface area (Å²) in [7, 11) is 0. The lowest BCUT2D eigenvalue weighted by molar-refractivity contribution is -0.123. The average molecular weight is 438 g/mol. The molecule has 1 aromatic heterocycles. The Hall–Kier alpha value is -3.65. The molecule has 31 heavy (non-hydrogen) atoms. The summed E-state index contributed by atoms with van der Waals surface area (Å²) in [5.74, 6) is -0.428.